The number of nitrogens with zero attached hydrogens (tertiary/aromatic N) is 1. The topological polar surface area (TPSA) is 83.6 Å². The Hall–Kier alpha value is -1.10. The van der Waals surface area contributed by atoms with Gasteiger partial charge in [0, 0.05) is 12.1 Å². The van der Waals surface area contributed by atoms with Crippen molar-refractivity contribution in [2.75, 3.05) is 6.54 Å². The molecule has 0 heterocycles. The summed E-state index contributed by atoms with van der Waals surface area (Å²) in [6, 6.07) is -0.528. The molecule has 0 spiro atoms. The molecule has 0 aliphatic heterocycles. The molecular weight excluding hydrogens is 196 g/mol. The lowest BCUT2D eigenvalue weighted by Crippen LogP contribution is -2.49. The smallest absolute Gasteiger partial charge is 0.407 e. The van der Waals surface area contributed by atoms with Gasteiger partial charge < -0.3 is 15.6 Å². The van der Waals surface area contributed by atoms with Crippen molar-refractivity contribution in [2.45, 2.75) is 45.2 Å². The Labute approximate surface area is 90.2 Å². The molecule has 2 atom stereocenters. The largest absolute Gasteiger partial charge is 0.465 e. The van der Waals surface area contributed by atoms with Crippen LogP contribution in [0, 0.1) is 0 Å². The van der Waals surface area contributed by atoms with Crippen LogP contribution in [0.1, 0.15) is 33.1 Å². The van der Waals surface area contributed by atoms with E-state index >= 15 is 0 Å². The summed E-state index contributed by atoms with van der Waals surface area (Å²) in [6.45, 7) is 3.67. The van der Waals surface area contributed by atoms with Gasteiger partial charge in [-0.05, 0) is 13.3 Å². The van der Waals surface area contributed by atoms with Crippen molar-refractivity contribution in [3.63, 3.8) is 0 Å². The van der Waals surface area contributed by atoms with E-state index in [2.05, 4.69) is 6.92 Å². The van der Waals surface area contributed by atoms with E-state index in [1.165, 1.54) is 0 Å². The van der Waals surface area contributed by atoms with Crippen LogP contribution >= 0.6 is 0 Å². The SMILES string of the molecule is CCCCC(N)C(C)N(CC=O)C(=O)O. The highest BCUT2D eigenvalue weighted by atomic mass is 16.4. The van der Waals surface area contributed by atoms with Crippen LogP contribution in [0.15, 0.2) is 0 Å². The first kappa shape index (κ1) is 13.9. The predicted octanol–water partition coefficient (Wildman–Crippen LogP) is 1.07. The highest BCUT2D eigenvalue weighted by Crippen LogP contribution is 2.08. The number of carbonyl (C=O) groups is 2. The summed E-state index contributed by atoms with van der Waals surface area (Å²) < 4.78 is 0. The molecule has 5 nitrogen and oxygen atoms in total. The normalized spacial score (nSPS) is 14.3. The van der Waals surface area contributed by atoms with Crippen molar-refractivity contribution in [1.82, 2.24) is 4.90 Å². The molecule has 88 valence electrons. The summed E-state index contributed by atoms with van der Waals surface area (Å²) in [6.07, 6.45) is 2.26. The molecule has 15 heavy (non-hydrogen) atoms. The molecule has 1 amide bonds. The lowest BCUT2D eigenvalue weighted by molar-refractivity contribution is -0.109. The molecule has 0 aliphatic rings. The summed E-state index contributed by atoms with van der Waals surface area (Å²) in [5.74, 6) is 0. The van der Waals surface area contributed by atoms with Gasteiger partial charge in [-0.2, -0.15) is 0 Å². The van der Waals surface area contributed by atoms with Crippen molar-refractivity contribution >= 4 is 12.4 Å². The second kappa shape index (κ2) is 7.23. The lowest BCUT2D eigenvalue weighted by atomic mass is 10.0. The van der Waals surface area contributed by atoms with Crippen molar-refractivity contribution in [3.8, 4) is 0 Å². The van der Waals surface area contributed by atoms with Gasteiger partial charge in [0.1, 0.15) is 6.29 Å². The van der Waals surface area contributed by atoms with Crippen LogP contribution in [-0.4, -0.2) is 41.0 Å². The molecule has 0 aromatic carbocycles. The van der Waals surface area contributed by atoms with Crippen molar-refractivity contribution in [1.29, 1.82) is 0 Å². The van der Waals surface area contributed by atoms with Gasteiger partial charge >= 0.3 is 6.09 Å². The maximum absolute atomic E-state index is 10.8. The monoisotopic (exact) mass is 216 g/mol. The van der Waals surface area contributed by atoms with E-state index in [4.69, 9.17) is 10.8 Å². The molecular formula is C10H20N2O3. The van der Waals surface area contributed by atoms with E-state index in [-0.39, 0.29) is 18.6 Å². The molecule has 5 heteroatoms. The number of carboxylic acid groups (broad SMARTS) is 1. The fraction of sp³-hybridized carbons (Fsp3) is 0.800. The van der Waals surface area contributed by atoms with Crippen LogP contribution in [0.2, 0.25) is 0 Å². The standard InChI is InChI=1S/C10H20N2O3/c1-3-4-5-9(11)8(2)12(6-7-13)10(14)15/h7-9H,3-6,11H2,1-2H3,(H,14,15). The Kier molecular flexibility index (Phi) is 6.70. The van der Waals surface area contributed by atoms with Gasteiger partial charge in [-0.1, -0.05) is 19.8 Å². The van der Waals surface area contributed by atoms with E-state index in [9.17, 15) is 9.59 Å². The molecule has 0 aromatic rings. The zero-order chi connectivity index (χ0) is 11.8. The molecule has 0 bridgehead atoms. The van der Waals surface area contributed by atoms with Crippen LogP contribution in [-0.2, 0) is 4.79 Å². The van der Waals surface area contributed by atoms with Gasteiger partial charge in [0.25, 0.3) is 0 Å². The van der Waals surface area contributed by atoms with Gasteiger partial charge in [-0.15, -0.1) is 0 Å². The number of nitrogens with two attached hydrogens (primary N) is 1. The fourth-order valence-corrected chi connectivity index (χ4v) is 1.41. The molecule has 0 fully saturated rings. The second-order valence-electron chi connectivity index (χ2n) is 3.65. The minimum atomic E-state index is -1.10. The lowest BCUT2D eigenvalue weighted by Gasteiger charge is -2.29. The average Bonchev–Trinajstić information content (AvgIpc) is 2.21. The van der Waals surface area contributed by atoms with Gasteiger partial charge in [-0.3, -0.25) is 4.90 Å². The molecule has 0 aliphatic carbocycles. The number of rotatable bonds is 7. The second-order valence-corrected chi connectivity index (χ2v) is 3.65. The number of aldehydes is 1. The minimum Gasteiger partial charge on any atom is -0.465 e. The van der Waals surface area contributed by atoms with Crippen molar-refractivity contribution in [2.24, 2.45) is 5.73 Å². The molecule has 0 aromatic heterocycles. The van der Waals surface area contributed by atoms with E-state index in [1.54, 1.807) is 6.92 Å². The zero-order valence-corrected chi connectivity index (χ0v) is 9.35. The van der Waals surface area contributed by atoms with Gasteiger partial charge in [0.2, 0.25) is 0 Å². The van der Waals surface area contributed by atoms with Crippen LogP contribution in [0.5, 0.6) is 0 Å². The maximum Gasteiger partial charge on any atom is 0.407 e. The highest BCUT2D eigenvalue weighted by Gasteiger charge is 2.23. The molecule has 0 saturated carbocycles. The summed E-state index contributed by atoms with van der Waals surface area (Å²) in [5.41, 5.74) is 5.85. The summed E-state index contributed by atoms with van der Waals surface area (Å²) >= 11 is 0. The van der Waals surface area contributed by atoms with Crippen molar-refractivity contribution < 1.29 is 14.7 Å². The molecule has 2 unspecified atom stereocenters. The Morgan fingerprint density at radius 2 is 2.20 bits per heavy atom. The van der Waals surface area contributed by atoms with Crippen LogP contribution in [0.25, 0.3) is 0 Å². The Balaban J connectivity index is 4.27. The Morgan fingerprint density at radius 3 is 2.60 bits per heavy atom. The molecule has 0 radical (unpaired) electrons. The van der Waals surface area contributed by atoms with Gasteiger partial charge in [0.15, 0.2) is 0 Å². The van der Waals surface area contributed by atoms with E-state index in [0.29, 0.717) is 6.29 Å². The van der Waals surface area contributed by atoms with Crippen LogP contribution in [0.4, 0.5) is 4.79 Å². The van der Waals surface area contributed by atoms with E-state index in [1.807, 2.05) is 0 Å². The maximum atomic E-state index is 10.8. The van der Waals surface area contributed by atoms with E-state index < -0.39 is 6.09 Å². The quantitative estimate of drug-likeness (QED) is 0.623. The zero-order valence-electron chi connectivity index (χ0n) is 9.35. The summed E-state index contributed by atoms with van der Waals surface area (Å²) in [4.78, 5) is 22.2. The third-order valence-electron chi connectivity index (χ3n) is 2.52. The van der Waals surface area contributed by atoms with Crippen molar-refractivity contribution in [3.05, 3.63) is 0 Å². The first-order valence-corrected chi connectivity index (χ1v) is 5.23. The minimum absolute atomic E-state index is 0.115. The number of hydrogen-bond donors (Lipinski definition) is 2. The first-order chi connectivity index (χ1) is 7.04. The average molecular weight is 216 g/mol. The van der Waals surface area contributed by atoms with Crippen LogP contribution < -0.4 is 5.73 Å². The first-order valence-electron chi connectivity index (χ1n) is 5.23. The fourth-order valence-electron chi connectivity index (χ4n) is 1.41. The highest BCUT2D eigenvalue weighted by molar-refractivity contribution is 5.69. The Morgan fingerprint density at radius 1 is 1.60 bits per heavy atom. The summed E-state index contributed by atoms with van der Waals surface area (Å²) in [5, 5.41) is 8.86. The predicted molar refractivity (Wildman–Crippen MR) is 57.8 cm³/mol. The Bertz CT molecular complexity index is 209. The number of amides is 1. The number of carbonyl (C=O) groups excluding carboxylic acids is 1. The van der Waals surface area contributed by atoms with Gasteiger partial charge in [-0.25, -0.2) is 4.79 Å². The molecule has 0 rings (SSSR count). The number of unbranched alkanes of at least 4 members (excludes halogenated alkanes) is 1. The molecule has 3 N–H and O–H groups in total. The van der Waals surface area contributed by atoms with Crippen LogP contribution in [0.3, 0.4) is 0 Å². The summed E-state index contributed by atoms with van der Waals surface area (Å²) in [7, 11) is 0. The third-order valence-corrected chi connectivity index (χ3v) is 2.52. The molecule has 0 saturated heterocycles. The van der Waals surface area contributed by atoms with E-state index in [0.717, 1.165) is 24.2 Å². The third kappa shape index (κ3) is 4.78. The number of hydrogen-bond acceptors (Lipinski definition) is 3. The van der Waals surface area contributed by atoms with Gasteiger partial charge in [0.05, 0.1) is 6.54 Å².